The fraction of sp³-hybridized carbons (Fsp3) is 0.481. The highest BCUT2D eigenvalue weighted by Crippen LogP contribution is 2.33. The maximum atomic E-state index is 13.7. The number of carbonyl (C=O) groups excluding carboxylic acids is 1. The lowest BCUT2D eigenvalue weighted by Gasteiger charge is -2.25. The van der Waals surface area contributed by atoms with Crippen molar-refractivity contribution in [2.45, 2.75) is 52.4 Å². The van der Waals surface area contributed by atoms with E-state index in [4.69, 9.17) is 16.6 Å². The molecule has 0 aliphatic heterocycles. The Hall–Kier alpha value is -1.75. The van der Waals surface area contributed by atoms with Gasteiger partial charge in [-0.25, -0.2) is 13.4 Å². The molecule has 3 rings (SSSR count). The topological polar surface area (TPSA) is 73.8 Å². The Morgan fingerprint density at radius 1 is 0.974 bits per heavy atom. The average molecular weight is 602 g/mol. The van der Waals surface area contributed by atoms with Crippen LogP contribution >= 0.6 is 35.3 Å². The van der Waals surface area contributed by atoms with Crippen molar-refractivity contribution < 1.29 is 13.2 Å². The molecule has 0 aliphatic carbocycles. The van der Waals surface area contributed by atoms with E-state index in [-0.39, 0.29) is 23.2 Å². The molecular formula is C27H38Cl2N4O3S2. The van der Waals surface area contributed by atoms with Crippen molar-refractivity contribution in [2.24, 2.45) is 0 Å². The number of likely N-dealkylation sites (N-methyl/N-ethyl adjacent to an activating group) is 1. The molecular weight excluding hydrogens is 563 g/mol. The number of anilines is 1. The van der Waals surface area contributed by atoms with E-state index in [9.17, 15) is 13.2 Å². The van der Waals surface area contributed by atoms with E-state index in [1.165, 1.54) is 27.8 Å². The zero-order chi connectivity index (χ0) is 27.2. The molecule has 3 aromatic rings. The van der Waals surface area contributed by atoms with Gasteiger partial charge in [0, 0.05) is 36.8 Å². The van der Waals surface area contributed by atoms with Crippen molar-refractivity contribution in [2.75, 3.05) is 44.2 Å². The van der Waals surface area contributed by atoms with E-state index in [1.54, 1.807) is 17.0 Å². The number of unbranched alkanes of at least 4 members (excludes halogenated alkanes) is 1. The van der Waals surface area contributed by atoms with Crippen molar-refractivity contribution in [1.29, 1.82) is 0 Å². The van der Waals surface area contributed by atoms with E-state index in [1.807, 2.05) is 32.9 Å². The molecule has 0 unspecified atom stereocenters. The molecule has 1 heterocycles. The largest absolute Gasteiger partial charge is 0.302 e. The lowest BCUT2D eigenvalue weighted by atomic mass is 10.2. The number of aryl methyl sites for hydroxylation is 1. The minimum Gasteiger partial charge on any atom is -0.302 e. The number of amides is 1. The van der Waals surface area contributed by atoms with Gasteiger partial charge in [-0.15, -0.1) is 12.4 Å². The second-order valence-electron chi connectivity index (χ2n) is 8.92. The number of halogens is 2. The van der Waals surface area contributed by atoms with Gasteiger partial charge in [-0.1, -0.05) is 57.1 Å². The van der Waals surface area contributed by atoms with Crippen molar-refractivity contribution >= 4 is 66.6 Å². The zero-order valence-corrected chi connectivity index (χ0v) is 25.9. The summed E-state index contributed by atoms with van der Waals surface area (Å²) in [5.41, 5.74) is 2.21. The minimum atomic E-state index is -3.61. The molecule has 0 atom stereocenters. The third-order valence-electron chi connectivity index (χ3n) is 6.50. The Kier molecular flexibility index (Phi) is 12.5. The van der Waals surface area contributed by atoms with Gasteiger partial charge in [0.05, 0.1) is 15.1 Å². The summed E-state index contributed by atoms with van der Waals surface area (Å²) < 4.78 is 28.6. The number of hydrogen-bond acceptors (Lipinski definition) is 6. The summed E-state index contributed by atoms with van der Waals surface area (Å²) in [4.78, 5) is 22.7. The van der Waals surface area contributed by atoms with Crippen LogP contribution in [0.2, 0.25) is 5.02 Å². The Labute approximate surface area is 242 Å². The highest BCUT2D eigenvalue weighted by Gasteiger charge is 2.25. The number of hydrogen-bond donors (Lipinski definition) is 0. The number of rotatable bonds is 13. The van der Waals surface area contributed by atoms with Gasteiger partial charge in [-0.05, 0) is 68.4 Å². The van der Waals surface area contributed by atoms with Crippen molar-refractivity contribution in [3.63, 3.8) is 0 Å². The molecule has 0 bridgehead atoms. The quantitative estimate of drug-likeness (QED) is 0.224. The fourth-order valence-corrected chi connectivity index (χ4v) is 7.11. The van der Waals surface area contributed by atoms with Crippen LogP contribution in [0.1, 0.15) is 56.5 Å². The number of fused-ring (bicyclic) bond motifs is 1. The molecule has 0 fully saturated rings. The summed E-state index contributed by atoms with van der Waals surface area (Å²) in [5, 5.41) is 1.24. The van der Waals surface area contributed by atoms with Crippen LogP contribution in [-0.4, -0.2) is 67.8 Å². The standard InChI is InChI=1S/C27H37ClN4O3S2.ClH/c1-6-10-15-31(9-4)37(34,35)23-13-11-21(12-14-23)26(33)32(17-16-30(7-2)8-3)27-29-25-20(5)18-22(28)19-24(25)36-27;/h11-14,18-19H,6-10,15-17H2,1-5H3;1H. The third kappa shape index (κ3) is 7.46. The number of nitrogens with zero attached hydrogens (tertiary/aromatic N) is 4. The molecule has 0 N–H and O–H groups in total. The first-order chi connectivity index (χ1) is 17.7. The molecule has 0 radical (unpaired) electrons. The molecule has 0 spiro atoms. The Bertz CT molecular complexity index is 1310. The van der Waals surface area contributed by atoms with Gasteiger partial charge >= 0.3 is 0 Å². The summed E-state index contributed by atoms with van der Waals surface area (Å²) in [6.07, 6.45) is 1.72. The minimum absolute atomic E-state index is 0. The first-order valence-electron chi connectivity index (χ1n) is 12.9. The summed E-state index contributed by atoms with van der Waals surface area (Å²) in [5.74, 6) is -0.211. The number of sulfonamides is 1. The molecule has 7 nitrogen and oxygen atoms in total. The highest BCUT2D eigenvalue weighted by molar-refractivity contribution is 7.89. The van der Waals surface area contributed by atoms with E-state index in [0.717, 1.165) is 41.7 Å². The SMILES string of the molecule is CCCCN(CC)S(=O)(=O)c1ccc(C(=O)N(CCN(CC)CC)c2nc3c(C)cc(Cl)cc3s2)cc1.Cl. The molecule has 210 valence electrons. The van der Waals surface area contributed by atoms with Crippen LogP contribution in [0.3, 0.4) is 0 Å². The summed E-state index contributed by atoms with van der Waals surface area (Å²) in [6.45, 7) is 13.8. The summed E-state index contributed by atoms with van der Waals surface area (Å²) >= 11 is 7.70. The molecule has 2 aromatic carbocycles. The van der Waals surface area contributed by atoms with Crippen molar-refractivity contribution in [3.8, 4) is 0 Å². The van der Waals surface area contributed by atoms with Crippen LogP contribution in [0.15, 0.2) is 41.3 Å². The van der Waals surface area contributed by atoms with Crippen molar-refractivity contribution in [3.05, 3.63) is 52.5 Å². The zero-order valence-electron chi connectivity index (χ0n) is 22.7. The van der Waals surface area contributed by atoms with Gasteiger partial charge in [0.15, 0.2) is 5.13 Å². The Morgan fingerprint density at radius 2 is 1.63 bits per heavy atom. The maximum absolute atomic E-state index is 13.7. The maximum Gasteiger partial charge on any atom is 0.260 e. The number of carbonyl (C=O) groups is 1. The molecule has 0 aliphatic rings. The molecule has 38 heavy (non-hydrogen) atoms. The molecule has 11 heteroatoms. The van der Waals surface area contributed by atoms with Crippen LogP contribution in [0, 0.1) is 6.92 Å². The molecule has 1 amide bonds. The average Bonchev–Trinajstić information content (AvgIpc) is 3.31. The smallest absolute Gasteiger partial charge is 0.260 e. The fourth-order valence-electron chi connectivity index (χ4n) is 4.18. The Morgan fingerprint density at radius 3 is 2.21 bits per heavy atom. The summed E-state index contributed by atoms with van der Waals surface area (Å²) in [7, 11) is -3.61. The summed E-state index contributed by atoms with van der Waals surface area (Å²) in [6, 6.07) is 10.00. The van der Waals surface area contributed by atoms with E-state index in [2.05, 4.69) is 18.7 Å². The predicted octanol–water partition coefficient (Wildman–Crippen LogP) is 6.48. The van der Waals surface area contributed by atoms with Gasteiger partial charge in [0.2, 0.25) is 10.0 Å². The van der Waals surface area contributed by atoms with Gasteiger partial charge in [0.25, 0.3) is 5.91 Å². The molecule has 0 saturated heterocycles. The second-order valence-corrected chi connectivity index (χ2v) is 12.3. The third-order valence-corrected chi connectivity index (χ3v) is 9.73. The molecule has 0 saturated carbocycles. The lowest BCUT2D eigenvalue weighted by Crippen LogP contribution is -2.39. The van der Waals surface area contributed by atoms with Gasteiger partial charge in [0.1, 0.15) is 0 Å². The van der Waals surface area contributed by atoms with E-state index < -0.39 is 10.0 Å². The second kappa shape index (κ2) is 14.6. The van der Waals surface area contributed by atoms with Crippen LogP contribution in [0.25, 0.3) is 10.2 Å². The first-order valence-corrected chi connectivity index (χ1v) is 15.5. The van der Waals surface area contributed by atoms with Crippen LogP contribution in [-0.2, 0) is 10.0 Å². The van der Waals surface area contributed by atoms with Gasteiger partial charge in [-0.3, -0.25) is 9.69 Å². The highest BCUT2D eigenvalue weighted by atomic mass is 35.5. The van der Waals surface area contributed by atoms with E-state index in [0.29, 0.717) is 41.9 Å². The number of aromatic nitrogens is 1. The lowest BCUT2D eigenvalue weighted by molar-refractivity contribution is 0.0983. The Balaban J connectivity index is 0.00000507. The van der Waals surface area contributed by atoms with Crippen molar-refractivity contribution in [1.82, 2.24) is 14.2 Å². The number of benzene rings is 2. The van der Waals surface area contributed by atoms with Crippen LogP contribution < -0.4 is 4.90 Å². The normalized spacial score (nSPS) is 11.8. The monoisotopic (exact) mass is 600 g/mol. The molecule has 1 aromatic heterocycles. The van der Waals surface area contributed by atoms with Gasteiger partial charge in [-0.2, -0.15) is 4.31 Å². The first kappa shape index (κ1) is 32.5. The predicted molar refractivity (Wildman–Crippen MR) is 162 cm³/mol. The van der Waals surface area contributed by atoms with Gasteiger partial charge < -0.3 is 4.90 Å². The number of thiazole rings is 1. The van der Waals surface area contributed by atoms with Crippen LogP contribution in [0.5, 0.6) is 0 Å². The van der Waals surface area contributed by atoms with E-state index >= 15 is 0 Å². The van der Waals surface area contributed by atoms with Crippen LogP contribution in [0.4, 0.5) is 5.13 Å².